The fourth-order valence-electron chi connectivity index (χ4n) is 1.11. The first kappa shape index (κ1) is 10.8. The zero-order valence-electron chi connectivity index (χ0n) is 8.74. The zero-order valence-corrected chi connectivity index (χ0v) is 8.74. The molecule has 4 nitrogen and oxygen atoms in total. The molecule has 2 N–H and O–H groups in total. The number of hydrogen-bond acceptors (Lipinski definition) is 2. The van der Waals surface area contributed by atoms with Crippen LogP contribution in [0.2, 0.25) is 0 Å². The third kappa shape index (κ3) is 2.35. The van der Waals surface area contributed by atoms with Crippen LogP contribution in [0.5, 0.6) is 0 Å². The maximum Gasteiger partial charge on any atom is 0.268 e. The standard InChI is InChI=1S/C10H16N2O2/c1-10(2,7-13)11-9(14)8-5-4-6-12(8)3/h4-6,13H,7H2,1-3H3,(H,11,14). The monoisotopic (exact) mass is 196 g/mol. The Balaban J connectivity index is 2.73. The zero-order chi connectivity index (χ0) is 10.8. The van der Waals surface area contributed by atoms with E-state index in [9.17, 15) is 4.79 Å². The van der Waals surface area contributed by atoms with Crippen LogP contribution in [0, 0.1) is 0 Å². The molecule has 78 valence electrons. The van der Waals surface area contributed by atoms with Gasteiger partial charge in [0.25, 0.3) is 5.91 Å². The number of amides is 1. The third-order valence-electron chi connectivity index (χ3n) is 2.02. The van der Waals surface area contributed by atoms with E-state index in [1.54, 1.807) is 43.8 Å². The predicted molar refractivity (Wildman–Crippen MR) is 54.0 cm³/mol. The SMILES string of the molecule is Cn1cccc1C(=O)NC(C)(C)CO. The topological polar surface area (TPSA) is 54.3 Å². The molecule has 0 aliphatic rings. The van der Waals surface area contributed by atoms with Crippen LogP contribution in [0.25, 0.3) is 0 Å². The van der Waals surface area contributed by atoms with Crippen LogP contribution in [-0.4, -0.2) is 27.7 Å². The Hall–Kier alpha value is -1.29. The van der Waals surface area contributed by atoms with Gasteiger partial charge in [-0.25, -0.2) is 0 Å². The predicted octanol–water partition coefficient (Wildman–Crippen LogP) is 0.526. The van der Waals surface area contributed by atoms with E-state index in [0.717, 1.165) is 0 Å². The molecule has 0 aromatic carbocycles. The molecule has 1 aromatic heterocycles. The molecule has 0 aliphatic heterocycles. The Morgan fingerprint density at radius 3 is 2.71 bits per heavy atom. The minimum Gasteiger partial charge on any atom is -0.394 e. The van der Waals surface area contributed by atoms with Crippen molar-refractivity contribution in [1.29, 1.82) is 0 Å². The number of aliphatic hydroxyl groups is 1. The lowest BCUT2D eigenvalue weighted by molar-refractivity contribution is 0.0861. The number of hydrogen-bond donors (Lipinski definition) is 2. The van der Waals surface area contributed by atoms with Crippen LogP contribution in [0.4, 0.5) is 0 Å². The fraction of sp³-hybridized carbons (Fsp3) is 0.500. The molecule has 1 aromatic rings. The Bertz CT molecular complexity index is 329. The Morgan fingerprint density at radius 2 is 2.29 bits per heavy atom. The maximum absolute atomic E-state index is 11.7. The molecular formula is C10H16N2O2. The third-order valence-corrected chi connectivity index (χ3v) is 2.02. The van der Waals surface area contributed by atoms with E-state index in [4.69, 9.17) is 5.11 Å². The summed E-state index contributed by atoms with van der Waals surface area (Å²) < 4.78 is 1.74. The lowest BCUT2D eigenvalue weighted by Crippen LogP contribution is -2.46. The highest BCUT2D eigenvalue weighted by atomic mass is 16.3. The number of nitrogens with zero attached hydrogens (tertiary/aromatic N) is 1. The largest absolute Gasteiger partial charge is 0.394 e. The molecule has 0 saturated heterocycles. The Morgan fingerprint density at radius 1 is 1.64 bits per heavy atom. The van der Waals surface area contributed by atoms with Crippen LogP contribution in [0.3, 0.4) is 0 Å². The molecule has 0 saturated carbocycles. The fourth-order valence-corrected chi connectivity index (χ4v) is 1.11. The van der Waals surface area contributed by atoms with E-state index in [1.807, 2.05) is 0 Å². The van der Waals surface area contributed by atoms with Crippen molar-refractivity contribution in [3.05, 3.63) is 24.0 Å². The van der Waals surface area contributed by atoms with Gasteiger partial charge < -0.3 is 15.0 Å². The van der Waals surface area contributed by atoms with Gasteiger partial charge in [-0.3, -0.25) is 4.79 Å². The number of aryl methyl sites for hydroxylation is 1. The van der Waals surface area contributed by atoms with Crippen LogP contribution < -0.4 is 5.32 Å². The first-order valence-electron chi connectivity index (χ1n) is 4.51. The second-order valence-electron chi connectivity index (χ2n) is 4.00. The van der Waals surface area contributed by atoms with E-state index in [0.29, 0.717) is 5.69 Å². The molecule has 0 bridgehead atoms. The summed E-state index contributed by atoms with van der Waals surface area (Å²) in [5.74, 6) is -0.170. The first-order chi connectivity index (χ1) is 6.46. The Labute approximate surface area is 83.5 Å². The minimum absolute atomic E-state index is 0.0802. The van der Waals surface area contributed by atoms with E-state index in [2.05, 4.69) is 5.32 Å². The van der Waals surface area contributed by atoms with Gasteiger partial charge in [-0.1, -0.05) is 0 Å². The molecule has 14 heavy (non-hydrogen) atoms. The molecule has 4 heteroatoms. The number of carbonyl (C=O) groups excluding carboxylic acids is 1. The van der Waals surface area contributed by atoms with Gasteiger partial charge in [-0.2, -0.15) is 0 Å². The molecule has 0 radical (unpaired) electrons. The van der Waals surface area contributed by atoms with Gasteiger partial charge in [0.2, 0.25) is 0 Å². The van der Waals surface area contributed by atoms with Crippen molar-refractivity contribution in [3.8, 4) is 0 Å². The number of nitrogens with one attached hydrogen (secondary N) is 1. The van der Waals surface area contributed by atoms with Crippen molar-refractivity contribution >= 4 is 5.91 Å². The number of aliphatic hydroxyl groups excluding tert-OH is 1. The van der Waals surface area contributed by atoms with E-state index >= 15 is 0 Å². The molecule has 1 rings (SSSR count). The molecule has 0 fully saturated rings. The maximum atomic E-state index is 11.7. The van der Waals surface area contributed by atoms with Crippen LogP contribution >= 0.6 is 0 Å². The smallest absolute Gasteiger partial charge is 0.268 e. The van der Waals surface area contributed by atoms with Crippen molar-refractivity contribution in [2.24, 2.45) is 7.05 Å². The molecule has 1 amide bonds. The number of carbonyl (C=O) groups is 1. The molecule has 0 atom stereocenters. The van der Waals surface area contributed by atoms with Crippen molar-refractivity contribution in [2.75, 3.05) is 6.61 Å². The van der Waals surface area contributed by atoms with Crippen molar-refractivity contribution < 1.29 is 9.90 Å². The van der Waals surface area contributed by atoms with E-state index in [1.165, 1.54) is 0 Å². The quantitative estimate of drug-likeness (QED) is 0.740. The highest BCUT2D eigenvalue weighted by Gasteiger charge is 2.20. The highest BCUT2D eigenvalue weighted by Crippen LogP contribution is 2.04. The van der Waals surface area contributed by atoms with Crippen LogP contribution in [-0.2, 0) is 7.05 Å². The average molecular weight is 196 g/mol. The van der Waals surface area contributed by atoms with Crippen molar-refractivity contribution in [1.82, 2.24) is 9.88 Å². The van der Waals surface area contributed by atoms with Crippen LogP contribution in [0.1, 0.15) is 24.3 Å². The highest BCUT2D eigenvalue weighted by molar-refractivity contribution is 5.93. The van der Waals surface area contributed by atoms with Gasteiger partial charge in [0.1, 0.15) is 5.69 Å². The molecule has 0 unspecified atom stereocenters. The number of aromatic nitrogens is 1. The van der Waals surface area contributed by atoms with E-state index in [-0.39, 0.29) is 12.5 Å². The second kappa shape index (κ2) is 3.84. The summed E-state index contributed by atoms with van der Waals surface area (Å²) in [5.41, 5.74) is 0.00738. The minimum atomic E-state index is -0.582. The summed E-state index contributed by atoms with van der Waals surface area (Å²) in [6.45, 7) is 3.46. The van der Waals surface area contributed by atoms with Gasteiger partial charge in [-0.05, 0) is 26.0 Å². The summed E-state index contributed by atoms with van der Waals surface area (Å²) in [4.78, 5) is 11.7. The summed E-state index contributed by atoms with van der Waals surface area (Å²) in [6.07, 6.45) is 1.81. The molecule has 0 aliphatic carbocycles. The first-order valence-corrected chi connectivity index (χ1v) is 4.51. The van der Waals surface area contributed by atoms with Crippen LogP contribution in [0.15, 0.2) is 18.3 Å². The molecular weight excluding hydrogens is 180 g/mol. The van der Waals surface area contributed by atoms with Crippen molar-refractivity contribution in [2.45, 2.75) is 19.4 Å². The lowest BCUT2D eigenvalue weighted by atomic mass is 10.1. The Kier molecular flexibility index (Phi) is 2.96. The normalized spacial score (nSPS) is 11.4. The molecule has 1 heterocycles. The average Bonchev–Trinajstić information content (AvgIpc) is 2.51. The molecule has 0 spiro atoms. The second-order valence-corrected chi connectivity index (χ2v) is 4.00. The summed E-state index contributed by atoms with van der Waals surface area (Å²) in [5, 5.41) is 11.7. The van der Waals surface area contributed by atoms with Gasteiger partial charge in [0, 0.05) is 13.2 Å². The van der Waals surface area contributed by atoms with Gasteiger partial charge in [-0.15, -0.1) is 0 Å². The van der Waals surface area contributed by atoms with Crippen molar-refractivity contribution in [3.63, 3.8) is 0 Å². The van der Waals surface area contributed by atoms with Gasteiger partial charge in [0.05, 0.1) is 12.1 Å². The number of rotatable bonds is 3. The van der Waals surface area contributed by atoms with Gasteiger partial charge in [0.15, 0.2) is 0 Å². The van der Waals surface area contributed by atoms with Gasteiger partial charge >= 0.3 is 0 Å². The summed E-state index contributed by atoms with van der Waals surface area (Å²) >= 11 is 0. The summed E-state index contributed by atoms with van der Waals surface area (Å²) in [7, 11) is 1.81. The lowest BCUT2D eigenvalue weighted by Gasteiger charge is -2.23. The van der Waals surface area contributed by atoms with E-state index < -0.39 is 5.54 Å². The summed E-state index contributed by atoms with van der Waals surface area (Å²) in [6, 6.07) is 3.55.